The van der Waals surface area contributed by atoms with Crippen molar-refractivity contribution in [2.24, 2.45) is 11.7 Å². The van der Waals surface area contributed by atoms with Crippen LogP contribution < -0.4 is 5.73 Å². The standard InChI is InChI=1S/C18H21N/c1-13-6-5-9-15(10-13)18(12-19)17-11-16(17)14-7-3-2-4-8-14/h2-10,16-18H,11-12,19H2,1H3. The van der Waals surface area contributed by atoms with E-state index in [9.17, 15) is 0 Å². The van der Waals surface area contributed by atoms with E-state index in [2.05, 4.69) is 61.5 Å². The second kappa shape index (κ2) is 5.18. The maximum Gasteiger partial charge on any atom is -0.000440 e. The van der Waals surface area contributed by atoms with Gasteiger partial charge in [-0.1, -0.05) is 60.2 Å². The molecule has 98 valence electrons. The molecule has 0 bridgehead atoms. The Bertz CT molecular complexity index is 547. The lowest BCUT2D eigenvalue weighted by atomic mass is 9.91. The molecular weight excluding hydrogens is 230 g/mol. The summed E-state index contributed by atoms with van der Waals surface area (Å²) in [7, 11) is 0. The highest BCUT2D eigenvalue weighted by atomic mass is 14.6. The van der Waals surface area contributed by atoms with E-state index < -0.39 is 0 Å². The lowest BCUT2D eigenvalue weighted by Crippen LogP contribution is -2.15. The van der Waals surface area contributed by atoms with Crippen molar-refractivity contribution in [2.45, 2.75) is 25.2 Å². The Morgan fingerprint density at radius 3 is 2.58 bits per heavy atom. The van der Waals surface area contributed by atoms with Crippen molar-refractivity contribution in [3.63, 3.8) is 0 Å². The van der Waals surface area contributed by atoms with E-state index in [4.69, 9.17) is 5.73 Å². The van der Waals surface area contributed by atoms with Crippen LogP contribution in [0.25, 0.3) is 0 Å². The molecule has 1 aliphatic carbocycles. The fourth-order valence-corrected chi connectivity index (χ4v) is 3.20. The Morgan fingerprint density at radius 1 is 1.11 bits per heavy atom. The predicted octanol–water partition coefficient (Wildman–Crippen LogP) is 3.84. The van der Waals surface area contributed by atoms with Gasteiger partial charge in [0, 0.05) is 0 Å². The van der Waals surface area contributed by atoms with Gasteiger partial charge in [-0.3, -0.25) is 0 Å². The Kier molecular flexibility index (Phi) is 3.39. The SMILES string of the molecule is Cc1cccc(C(CN)C2CC2c2ccccc2)c1. The van der Waals surface area contributed by atoms with Crippen molar-refractivity contribution in [3.05, 3.63) is 71.3 Å². The number of nitrogens with two attached hydrogens (primary N) is 1. The Labute approximate surface area is 115 Å². The smallest absolute Gasteiger partial charge is 0.000440 e. The highest BCUT2D eigenvalue weighted by molar-refractivity contribution is 5.32. The fraction of sp³-hybridized carbons (Fsp3) is 0.333. The van der Waals surface area contributed by atoms with Crippen LogP contribution in [0.15, 0.2) is 54.6 Å². The Morgan fingerprint density at radius 2 is 1.89 bits per heavy atom. The van der Waals surface area contributed by atoms with E-state index in [0.717, 1.165) is 6.54 Å². The molecule has 0 amide bonds. The minimum atomic E-state index is 0.505. The van der Waals surface area contributed by atoms with Crippen molar-refractivity contribution < 1.29 is 0 Å². The van der Waals surface area contributed by atoms with Gasteiger partial charge in [0.15, 0.2) is 0 Å². The number of aryl methyl sites for hydroxylation is 1. The predicted molar refractivity (Wildman–Crippen MR) is 80.3 cm³/mol. The van der Waals surface area contributed by atoms with Crippen molar-refractivity contribution in [3.8, 4) is 0 Å². The molecular formula is C18H21N. The van der Waals surface area contributed by atoms with Crippen LogP contribution in [0, 0.1) is 12.8 Å². The van der Waals surface area contributed by atoms with Crippen LogP contribution in [0.4, 0.5) is 0 Å². The quantitative estimate of drug-likeness (QED) is 0.877. The molecule has 3 rings (SSSR count). The zero-order valence-corrected chi connectivity index (χ0v) is 11.4. The van der Waals surface area contributed by atoms with Crippen LogP contribution in [-0.2, 0) is 0 Å². The van der Waals surface area contributed by atoms with Crippen LogP contribution in [0.3, 0.4) is 0 Å². The topological polar surface area (TPSA) is 26.0 Å². The van der Waals surface area contributed by atoms with Gasteiger partial charge in [-0.05, 0) is 48.8 Å². The van der Waals surface area contributed by atoms with Gasteiger partial charge in [0.2, 0.25) is 0 Å². The molecule has 19 heavy (non-hydrogen) atoms. The van der Waals surface area contributed by atoms with E-state index in [-0.39, 0.29) is 0 Å². The molecule has 1 nitrogen and oxygen atoms in total. The average molecular weight is 251 g/mol. The largest absolute Gasteiger partial charge is 0.330 e. The molecule has 0 spiro atoms. The summed E-state index contributed by atoms with van der Waals surface area (Å²) in [4.78, 5) is 0. The zero-order chi connectivity index (χ0) is 13.2. The molecule has 1 heteroatoms. The van der Waals surface area contributed by atoms with E-state index in [1.165, 1.54) is 23.1 Å². The third-order valence-electron chi connectivity index (χ3n) is 4.31. The number of benzene rings is 2. The first kappa shape index (κ1) is 12.4. The first-order valence-corrected chi connectivity index (χ1v) is 7.11. The van der Waals surface area contributed by atoms with Gasteiger partial charge in [0.05, 0.1) is 0 Å². The lowest BCUT2D eigenvalue weighted by Gasteiger charge is -2.16. The van der Waals surface area contributed by atoms with Crippen molar-refractivity contribution >= 4 is 0 Å². The Balaban J connectivity index is 1.79. The number of hydrogen-bond donors (Lipinski definition) is 1. The van der Waals surface area contributed by atoms with Crippen molar-refractivity contribution in [2.75, 3.05) is 6.54 Å². The van der Waals surface area contributed by atoms with Crippen LogP contribution in [0.1, 0.15) is 34.9 Å². The maximum atomic E-state index is 6.04. The fourth-order valence-electron chi connectivity index (χ4n) is 3.20. The second-order valence-electron chi connectivity index (χ2n) is 5.67. The number of rotatable bonds is 4. The summed E-state index contributed by atoms with van der Waals surface area (Å²) in [6.07, 6.45) is 1.28. The summed E-state index contributed by atoms with van der Waals surface area (Å²) in [5.41, 5.74) is 10.2. The van der Waals surface area contributed by atoms with Gasteiger partial charge < -0.3 is 5.73 Å². The monoisotopic (exact) mass is 251 g/mol. The number of hydrogen-bond acceptors (Lipinski definition) is 1. The van der Waals surface area contributed by atoms with E-state index in [0.29, 0.717) is 17.8 Å². The van der Waals surface area contributed by atoms with Gasteiger partial charge in [-0.25, -0.2) is 0 Å². The molecule has 2 aromatic rings. The first-order chi connectivity index (χ1) is 9.29. The third kappa shape index (κ3) is 2.57. The molecule has 3 unspecified atom stereocenters. The molecule has 2 aromatic carbocycles. The van der Waals surface area contributed by atoms with E-state index in [1.54, 1.807) is 0 Å². The van der Waals surface area contributed by atoms with Crippen LogP contribution in [0.2, 0.25) is 0 Å². The normalized spacial score (nSPS) is 23.1. The minimum absolute atomic E-state index is 0.505. The second-order valence-corrected chi connectivity index (χ2v) is 5.67. The molecule has 1 saturated carbocycles. The summed E-state index contributed by atoms with van der Waals surface area (Å²) in [5, 5.41) is 0. The summed E-state index contributed by atoms with van der Waals surface area (Å²) in [6.45, 7) is 2.90. The third-order valence-corrected chi connectivity index (χ3v) is 4.31. The average Bonchev–Trinajstić information content (AvgIpc) is 3.21. The molecule has 0 saturated heterocycles. The van der Waals surface area contributed by atoms with Crippen LogP contribution >= 0.6 is 0 Å². The van der Waals surface area contributed by atoms with Gasteiger partial charge in [-0.2, -0.15) is 0 Å². The first-order valence-electron chi connectivity index (χ1n) is 7.11. The molecule has 3 atom stereocenters. The van der Waals surface area contributed by atoms with Crippen LogP contribution in [-0.4, -0.2) is 6.54 Å². The molecule has 1 fully saturated rings. The van der Waals surface area contributed by atoms with Gasteiger partial charge >= 0.3 is 0 Å². The molecule has 0 heterocycles. The molecule has 0 aromatic heterocycles. The van der Waals surface area contributed by atoms with Crippen molar-refractivity contribution in [1.82, 2.24) is 0 Å². The molecule has 0 radical (unpaired) electrons. The van der Waals surface area contributed by atoms with Crippen LogP contribution in [0.5, 0.6) is 0 Å². The minimum Gasteiger partial charge on any atom is -0.330 e. The van der Waals surface area contributed by atoms with E-state index in [1.807, 2.05) is 0 Å². The molecule has 1 aliphatic rings. The zero-order valence-electron chi connectivity index (χ0n) is 11.4. The summed E-state index contributed by atoms with van der Waals surface area (Å²) < 4.78 is 0. The highest BCUT2D eigenvalue weighted by Gasteiger charge is 2.43. The van der Waals surface area contributed by atoms with E-state index >= 15 is 0 Å². The summed E-state index contributed by atoms with van der Waals surface area (Å²) >= 11 is 0. The summed E-state index contributed by atoms with van der Waals surface area (Å²) in [5.74, 6) is 1.93. The molecule has 0 aliphatic heterocycles. The van der Waals surface area contributed by atoms with Gasteiger partial charge in [-0.15, -0.1) is 0 Å². The lowest BCUT2D eigenvalue weighted by molar-refractivity contribution is 0.600. The summed E-state index contributed by atoms with van der Waals surface area (Å²) in [6, 6.07) is 19.7. The Hall–Kier alpha value is -1.60. The molecule has 2 N–H and O–H groups in total. The van der Waals surface area contributed by atoms with Gasteiger partial charge in [0.1, 0.15) is 0 Å². The van der Waals surface area contributed by atoms with Gasteiger partial charge in [0.25, 0.3) is 0 Å². The maximum absolute atomic E-state index is 6.04. The van der Waals surface area contributed by atoms with Crippen molar-refractivity contribution in [1.29, 1.82) is 0 Å². The highest BCUT2D eigenvalue weighted by Crippen LogP contribution is 2.54.